The van der Waals surface area contributed by atoms with Gasteiger partial charge in [-0.15, -0.1) is 0 Å². The maximum absolute atomic E-state index is 12.2. The summed E-state index contributed by atoms with van der Waals surface area (Å²) in [5, 5.41) is 0. The fourth-order valence-electron chi connectivity index (χ4n) is 2.36. The molecule has 0 radical (unpaired) electrons. The van der Waals surface area contributed by atoms with Crippen LogP contribution in [-0.2, 0) is 21.2 Å². The third kappa shape index (κ3) is 3.61. The highest BCUT2D eigenvalue weighted by atomic mass is 32.2. The number of amides is 1. The first kappa shape index (κ1) is 15.9. The molecule has 2 rings (SSSR count). The number of sulfonamides is 1. The molecule has 1 atom stereocenters. The summed E-state index contributed by atoms with van der Waals surface area (Å²) in [6, 6.07) is 4.87. The number of nitrogens with zero attached hydrogens (tertiary/aromatic N) is 1. The van der Waals surface area contributed by atoms with Crippen LogP contribution < -0.4 is 15.4 Å². The summed E-state index contributed by atoms with van der Waals surface area (Å²) < 4.78 is 27.0. The largest absolute Gasteiger partial charge is 0.328 e. The molecule has 6 nitrogen and oxygen atoms in total. The van der Waals surface area contributed by atoms with E-state index in [1.165, 1.54) is 6.92 Å². The number of rotatable bonds is 5. The topological polar surface area (TPSA) is 92.5 Å². The molecule has 0 aromatic heterocycles. The van der Waals surface area contributed by atoms with Crippen LogP contribution in [0.4, 0.5) is 5.69 Å². The zero-order valence-electron chi connectivity index (χ0n) is 12.3. The van der Waals surface area contributed by atoms with Crippen molar-refractivity contribution in [3.05, 3.63) is 23.8 Å². The van der Waals surface area contributed by atoms with Gasteiger partial charge in [0.15, 0.2) is 0 Å². The monoisotopic (exact) mass is 311 g/mol. The third-order valence-corrected chi connectivity index (χ3v) is 4.99. The smallest absolute Gasteiger partial charge is 0.240 e. The van der Waals surface area contributed by atoms with Gasteiger partial charge in [0, 0.05) is 31.7 Å². The standard InChI is InChI=1S/C14H21N3O3S/c1-10(15)5-7-16-21(19,20)13-4-3-12-6-8-17(11(2)18)14(12)9-13/h3-4,9-10,16H,5-8,15H2,1-2H3. The van der Waals surface area contributed by atoms with E-state index in [-0.39, 0.29) is 16.8 Å². The number of hydrogen-bond acceptors (Lipinski definition) is 4. The maximum atomic E-state index is 12.2. The first-order valence-corrected chi connectivity index (χ1v) is 8.46. The molecule has 1 aliphatic rings. The van der Waals surface area contributed by atoms with Crippen molar-refractivity contribution in [3.63, 3.8) is 0 Å². The predicted octanol–water partition coefficient (Wildman–Crippen LogP) is 0.611. The lowest BCUT2D eigenvalue weighted by molar-refractivity contribution is -0.116. The number of nitrogens with two attached hydrogens (primary N) is 1. The van der Waals surface area contributed by atoms with E-state index in [9.17, 15) is 13.2 Å². The molecule has 3 N–H and O–H groups in total. The molecular weight excluding hydrogens is 290 g/mol. The molecule has 0 bridgehead atoms. The molecule has 1 aliphatic heterocycles. The van der Waals surface area contributed by atoms with E-state index >= 15 is 0 Å². The van der Waals surface area contributed by atoms with Crippen molar-refractivity contribution in [3.8, 4) is 0 Å². The van der Waals surface area contributed by atoms with Crippen molar-refractivity contribution >= 4 is 21.6 Å². The molecule has 21 heavy (non-hydrogen) atoms. The number of hydrogen-bond donors (Lipinski definition) is 2. The van der Waals surface area contributed by atoms with Gasteiger partial charge in [-0.05, 0) is 37.5 Å². The number of carbonyl (C=O) groups is 1. The Morgan fingerprint density at radius 2 is 2.19 bits per heavy atom. The second kappa shape index (κ2) is 6.13. The lowest BCUT2D eigenvalue weighted by Crippen LogP contribution is -2.29. The normalized spacial score (nSPS) is 15.9. The third-order valence-electron chi connectivity index (χ3n) is 3.53. The van der Waals surface area contributed by atoms with E-state index in [2.05, 4.69) is 4.72 Å². The van der Waals surface area contributed by atoms with Gasteiger partial charge in [-0.3, -0.25) is 4.79 Å². The minimum absolute atomic E-state index is 0.0547. The predicted molar refractivity (Wildman–Crippen MR) is 81.6 cm³/mol. The van der Waals surface area contributed by atoms with Crippen LogP contribution in [0.5, 0.6) is 0 Å². The van der Waals surface area contributed by atoms with Crippen molar-refractivity contribution in [2.24, 2.45) is 5.73 Å². The first-order chi connectivity index (χ1) is 9.81. The van der Waals surface area contributed by atoms with Gasteiger partial charge in [0.2, 0.25) is 15.9 Å². The van der Waals surface area contributed by atoms with Crippen molar-refractivity contribution in [1.29, 1.82) is 0 Å². The molecule has 0 saturated carbocycles. The van der Waals surface area contributed by atoms with E-state index in [1.807, 2.05) is 6.92 Å². The molecule has 0 spiro atoms. The van der Waals surface area contributed by atoms with E-state index < -0.39 is 10.0 Å². The molecule has 1 aromatic carbocycles. The first-order valence-electron chi connectivity index (χ1n) is 6.97. The lowest BCUT2D eigenvalue weighted by atomic mass is 10.2. The number of benzene rings is 1. The van der Waals surface area contributed by atoms with Gasteiger partial charge < -0.3 is 10.6 Å². The summed E-state index contributed by atoms with van der Waals surface area (Å²) in [4.78, 5) is 13.4. The molecule has 1 heterocycles. The zero-order chi connectivity index (χ0) is 15.6. The molecular formula is C14H21N3O3S. The van der Waals surface area contributed by atoms with Gasteiger partial charge in [0.25, 0.3) is 0 Å². The summed E-state index contributed by atoms with van der Waals surface area (Å²) in [5.41, 5.74) is 7.30. The van der Waals surface area contributed by atoms with Crippen molar-refractivity contribution < 1.29 is 13.2 Å². The van der Waals surface area contributed by atoms with Crippen LogP contribution in [0.3, 0.4) is 0 Å². The van der Waals surface area contributed by atoms with E-state index in [0.29, 0.717) is 25.2 Å². The van der Waals surface area contributed by atoms with Crippen molar-refractivity contribution in [1.82, 2.24) is 4.72 Å². The lowest BCUT2D eigenvalue weighted by Gasteiger charge is -2.16. The molecule has 1 unspecified atom stereocenters. The molecule has 0 aliphatic carbocycles. The summed E-state index contributed by atoms with van der Waals surface area (Å²) in [5.74, 6) is -0.0757. The summed E-state index contributed by atoms with van der Waals surface area (Å²) in [7, 11) is -3.57. The number of fused-ring (bicyclic) bond motifs is 1. The van der Waals surface area contributed by atoms with Crippen LogP contribution in [0.1, 0.15) is 25.8 Å². The maximum Gasteiger partial charge on any atom is 0.240 e. The van der Waals surface area contributed by atoms with Gasteiger partial charge in [-0.2, -0.15) is 0 Å². The van der Waals surface area contributed by atoms with Crippen LogP contribution >= 0.6 is 0 Å². The molecule has 7 heteroatoms. The van der Waals surface area contributed by atoms with Crippen molar-refractivity contribution in [2.45, 2.75) is 37.6 Å². The minimum Gasteiger partial charge on any atom is -0.328 e. The molecule has 0 fully saturated rings. The highest BCUT2D eigenvalue weighted by molar-refractivity contribution is 7.89. The molecule has 116 valence electrons. The van der Waals surface area contributed by atoms with Gasteiger partial charge >= 0.3 is 0 Å². The Bertz CT molecular complexity index is 641. The highest BCUT2D eigenvalue weighted by Crippen LogP contribution is 2.30. The van der Waals surface area contributed by atoms with Crippen molar-refractivity contribution in [2.75, 3.05) is 18.0 Å². The Balaban J connectivity index is 2.21. The SMILES string of the molecule is CC(=O)N1CCc2ccc(S(=O)(=O)NCCC(C)N)cc21. The van der Waals surface area contributed by atoms with E-state index in [0.717, 1.165) is 12.0 Å². The fraction of sp³-hybridized carbons (Fsp3) is 0.500. The number of anilines is 1. The molecule has 0 saturated heterocycles. The second-order valence-electron chi connectivity index (χ2n) is 5.37. The second-order valence-corrected chi connectivity index (χ2v) is 7.14. The van der Waals surface area contributed by atoms with Gasteiger partial charge in [-0.25, -0.2) is 13.1 Å². The van der Waals surface area contributed by atoms with Gasteiger partial charge in [0.1, 0.15) is 0 Å². The number of carbonyl (C=O) groups excluding carboxylic acids is 1. The summed E-state index contributed by atoms with van der Waals surface area (Å²) >= 11 is 0. The summed E-state index contributed by atoms with van der Waals surface area (Å²) in [6.45, 7) is 4.21. The average Bonchev–Trinajstić information content (AvgIpc) is 2.80. The summed E-state index contributed by atoms with van der Waals surface area (Å²) in [6.07, 6.45) is 1.33. The Morgan fingerprint density at radius 3 is 2.81 bits per heavy atom. The van der Waals surface area contributed by atoms with Crippen LogP contribution in [0.25, 0.3) is 0 Å². The Hall–Kier alpha value is -1.44. The molecule has 1 aromatic rings. The minimum atomic E-state index is -3.57. The average molecular weight is 311 g/mol. The van der Waals surface area contributed by atoms with Gasteiger partial charge in [-0.1, -0.05) is 6.07 Å². The number of nitrogens with one attached hydrogen (secondary N) is 1. The Kier molecular flexibility index (Phi) is 4.65. The fourth-order valence-corrected chi connectivity index (χ4v) is 3.42. The highest BCUT2D eigenvalue weighted by Gasteiger charge is 2.24. The van der Waals surface area contributed by atoms with E-state index in [4.69, 9.17) is 5.73 Å². The Morgan fingerprint density at radius 1 is 1.48 bits per heavy atom. The van der Waals surface area contributed by atoms with Crippen LogP contribution in [0.15, 0.2) is 23.1 Å². The molecule has 1 amide bonds. The van der Waals surface area contributed by atoms with Crippen LogP contribution in [0.2, 0.25) is 0 Å². The van der Waals surface area contributed by atoms with Gasteiger partial charge in [0.05, 0.1) is 4.90 Å². The zero-order valence-corrected chi connectivity index (χ0v) is 13.1. The quantitative estimate of drug-likeness (QED) is 0.833. The Labute approximate surface area is 125 Å². The van der Waals surface area contributed by atoms with Crippen LogP contribution in [-0.4, -0.2) is 33.5 Å². The van der Waals surface area contributed by atoms with E-state index in [1.54, 1.807) is 23.1 Å². The van der Waals surface area contributed by atoms with Crippen LogP contribution in [0, 0.1) is 0 Å².